The van der Waals surface area contributed by atoms with Gasteiger partial charge in [-0.1, -0.05) is 13.8 Å². The van der Waals surface area contributed by atoms with Crippen molar-refractivity contribution in [3.63, 3.8) is 0 Å². The zero-order chi connectivity index (χ0) is 12.1. The summed E-state index contributed by atoms with van der Waals surface area (Å²) in [5.74, 6) is 0.630. The van der Waals surface area contributed by atoms with E-state index in [1.165, 1.54) is 12.1 Å². The quantitative estimate of drug-likeness (QED) is 0.803. The smallest absolute Gasteiger partial charge is 0.0627 e. The van der Waals surface area contributed by atoms with Crippen molar-refractivity contribution >= 4 is 0 Å². The molecule has 0 saturated heterocycles. The normalized spacial score (nSPS) is 15.4. The third-order valence-corrected chi connectivity index (χ3v) is 3.22. The predicted molar refractivity (Wildman–Crippen MR) is 68.6 cm³/mol. The summed E-state index contributed by atoms with van der Waals surface area (Å²) < 4.78 is 2.03. The third-order valence-electron chi connectivity index (χ3n) is 3.22. The Labute approximate surface area is 99.2 Å². The molecule has 0 aliphatic heterocycles. The Hall–Kier alpha value is -0.830. The molecular weight excluding hydrogens is 198 g/mol. The van der Waals surface area contributed by atoms with E-state index >= 15 is 0 Å². The van der Waals surface area contributed by atoms with Crippen LogP contribution in [0.15, 0.2) is 12.3 Å². The summed E-state index contributed by atoms with van der Waals surface area (Å²) in [4.78, 5) is 0. The highest BCUT2D eigenvalue weighted by molar-refractivity contribution is 5.01. The largest absolute Gasteiger partial charge is 0.317 e. The van der Waals surface area contributed by atoms with Gasteiger partial charge in [-0.05, 0) is 45.7 Å². The third kappa shape index (κ3) is 3.34. The van der Waals surface area contributed by atoms with Gasteiger partial charge in [0.2, 0.25) is 0 Å². The number of hydrogen-bond donors (Lipinski definition) is 1. The molecule has 0 aliphatic rings. The molecule has 0 radical (unpaired) electrons. The fourth-order valence-electron chi connectivity index (χ4n) is 2.14. The molecule has 1 N–H and O–H groups in total. The van der Waals surface area contributed by atoms with E-state index in [1.807, 2.05) is 11.7 Å². The highest BCUT2D eigenvalue weighted by Gasteiger charge is 2.15. The minimum atomic E-state index is 0.454. The van der Waals surface area contributed by atoms with Gasteiger partial charge in [0, 0.05) is 18.3 Å². The minimum absolute atomic E-state index is 0.454. The van der Waals surface area contributed by atoms with Gasteiger partial charge in [0.25, 0.3) is 0 Å². The maximum Gasteiger partial charge on any atom is 0.0627 e. The summed E-state index contributed by atoms with van der Waals surface area (Å²) in [7, 11) is 2.04. The molecule has 0 aliphatic carbocycles. The van der Waals surface area contributed by atoms with Gasteiger partial charge < -0.3 is 5.32 Å². The molecule has 3 nitrogen and oxygen atoms in total. The van der Waals surface area contributed by atoms with Gasteiger partial charge in [0.1, 0.15) is 0 Å². The van der Waals surface area contributed by atoms with E-state index in [1.54, 1.807) is 0 Å². The van der Waals surface area contributed by atoms with Crippen molar-refractivity contribution in [2.45, 2.75) is 52.6 Å². The number of nitrogens with one attached hydrogen (secondary N) is 1. The van der Waals surface area contributed by atoms with Crippen LogP contribution in [-0.2, 0) is 6.42 Å². The van der Waals surface area contributed by atoms with Crippen LogP contribution in [0.4, 0.5) is 0 Å². The van der Waals surface area contributed by atoms with Crippen LogP contribution >= 0.6 is 0 Å². The van der Waals surface area contributed by atoms with Crippen LogP contribution in [0.2, 0.25) is 0 Å². The lowest BCUT2D eigenvalue weighted by atomic mass is 9.95. The van der Waals surface area contributed by atoms with E-state index in [4.69, 9.17) is 0 Å². The van der Waals surface area contributed by atoms with Crippen LogP contribution in [0.3, 0.4) is 0 Å². The van der Waals surface area contributed by atoms with Gasteiger partial charge >= 0.3 is 0 Å². The lowest BCUT2D eigenvalue weighted by molar-refractivity contribution is 0.381. The Balaban J connectivity index is 2.58. The van der Waals surface area contributed by atoms with Crippen molar-refractivity contribution in [1.29, 1.82) is 0 Å². The fraction of sp³-hybridized carbons (Fsp3) is 0.769. The van der Waals surface area contributed by atoms with Crippen LogP contribution in [0.1, 0.15) is 45.9 Å². The molecule has 1 aromatic heterocycles. The van der Waals surface area contributed by atoms with Crippen LogP contribution in [0.5, 0.6) is 0 Å². The summed E-state index contributed by atoms with van der Waals surface area (Å²) in [5.41, 5.74) is 1.20. The zero-order valence-corrected chi connectivity index (χ0v) is 11.2. The Morgan fingerprint density at radius 3 is 2.50 bits per heavy atom. The van der Waals surface area contributed by atoms with Crippen molar-refractivity contribution in [2.75, 3.05) is 7.05 Å². The predicted octanol–water partition coefficient (Wildman–Crippen LogP) is 2.64. The van der Waals surface area contributed by atoms with Crippen LogP contribution < -0.4 is 5.32 Å². The first-order chi connectivity index (χ1) is 7.58. The maximum absolute atomic E-state index is 4.59. The molecule has 0 saturated carbocycles. The van der Waals surface area contributed by atoms with Gasteiger partial charge in [-0.25, -0.2) is 0 Å². The van der Waals surface area contributed by atoms with Gasteiger partial charge in [0.05, 0.1) is 5.69 Å². The number of aromatic nitrogens is 2. The molecule has 1 rings (SSSR count). The Morgan fingerprint density at radius 2 is 2.06 bits per heavy atom. The van der Waals surface area contributed by atoms with Crippen LogP contribution in [0, 0.1) is 5.92 Å². The SMILES string of the molecule is CCC(NC)C(C)Cc1ccn(C(C)C)n1. The van der Waals surface area contributed by atoms with E-state index in [-0.39, 0.29) is 0 Å². The van der Waals surface area contributed by atoms with Crippen molar-refractivity contribution in [1.82, 2.24) is 15.1 Å². The van der Waals surface area contributed by atoms with Gasteiger partial charge in [0.15, 0.2) is 0 Å². The average Bonchev–Trinajstić information content (AvgIpc) is 2.68. The molecule has 1 heterocycles. The average molecular weight is 223 g/mol. The first-order valence-corrected chi connectivity index (χ1v) is 6.29. The number of rotatable bonds is 6. The number of nitrogens with zero attached hydrogens (tertiary/aromatic N) is 2. The highest BCUT2D eigenvalue weighted by Crippen LogP contribution is 2.14. The molecule has 2 unspecified atom stereocenters. The Bertz CT molecular complexity index is 300. The molecule has 1 aromatic rings. The molecule has 0 spiro atoms. The molecule has 0 bridgehead atoms. The van der Waals surface area contributed by atoms with Gasteiger partial charge in [-0.3, -0.25) is 4.68 Å². The lowest BCUT2D eigenvalue weighted by Crippen LogP contribution is -2.32. The first-order valence-electron chi connectivity index (χ1n) is 6.29. The Morgan fingerprint density at radius 1 is 1.38 bits per heavy atom. The number of hydrogen-bond acceptors (Lipinski definition) is 2. The van der Waals surface area contributed by atoms with E-state index in [0.29, 0.717) is 18.0 Å². The molecule has 3 heteroatoms. The summed E-state index contributed by atoms with van der Waals surface area (Å²) in [5, 5.41) is 7.96. The van der Waals surface area contributed by atoms with Gasteiger partial charge in [-0.15, -0.1) is 0 Å². The molecular formula is C13H25N3. The van der Waals surface area contributed by atoms with E-state index in [9.17, 15) is 0 Å². The topological polar surface area (TPSA) is 29.9 Å². The lowest BCUT2D eigenvalue weighted by Gasteiger charge is -2.21. The summed E-state index contributed by atoms with van der Waals surface area (Å²) in [6, 6.07) is 3.18. The summed E-state index contributed by atoms with van der Waals surface area (Å²) >= 11 is 0. The molecule has 0 aromatic carbocycles. The van der Waals surface area contributed by atoms with Crippen molar-refractivity contribution in [2.24, 2.45) is 5.92 Å². The minimum Gasteiger partial charge on any atom is -0.317 e. The van der Waals surface area contributed by atoms with Gasteiger partial charge in [-0.2, -0.15) is 5.10 Å². The molecule has 92 valence electrons. The standard InChI is InChI=1S/C13H25N3/c1-6-13(14-5)11(4)9-12-7-8-16(15-12)10(2)3/h7-8,10-11,13-14H,6,9H2,1-5H3. The van der Waals surface area contributed by atoms with Crippen molar-refractivity contribution < 1.29 is 0 Å². The summed E-state index contributed by atoms with van der Waals surface area (Å²) in [6.07, 6.45) is 4.30. The molecule has 16 heavy (non-hydrogen) atoms. The molecule has 0 fully saturated rings. The second-order valence-corrected chi connectivity index (χ2v) is 4.87. The summed E-state index contributed by atoms with van der Waals surface area (Å²) in [6.45, 7) is 8.83. The van der Waals surface area contributed by atoms with E-state index in [0.717, 1.165) is 6.42 Å². The van der Waals surface area contributed by atoms with E-state index < -0.39 is 0 Å². The maximum atomic E-state index is 4.59. The fourth-order valence-corrected chi connectivity index (χ4v) is 2.14. The second-order valence-electron chi connectivity index (χ2n) is 4.87. The van der Waals surface area contributed by atoms with E-state index in [2.05, 4.69) is 50.4 Å². The van der Waals surface area contributed by atoms with Crippen molar-refractivity contribution in [3.05, 3.63) is 18.0 Å². The zero-order valence-electron chi connectivity index (χ0n) is 11.2. The van der Waals surface area contributed by atoms with Crippen LogP contribution in [0.25, 0.3) is 0 Å². The van der Waals surface area contributed by atoms with Crippen molar-refractivity contribution in [3.8, 4) is 0 Å². The highest BCUT2D eigenvalue weighted by atomic mass is 15.3. The van der Waals surface area contributed by atoms with Crippen LogP contribution in [-0.4, -0.2) is 22.9 Å². The first kappa shape index (κ1) is 13.2. The Kier molecular flexibility index (Phi) is 5.00. The molecule has 2 atom stereocenters. The monoisotopic (exact) mass is 223 g/mol. The molecule has 0 amide bonds. The second kappa shape index (κ2) is 6.04.